The number of aliphatic hydroxyl groups is 1. The van der Waals surface area contributed by atoms with E-state index in [1.165, 1.54) is 6.20 Å². The lowest BCUT2D eigenvalue weighted by Crippen LogP contribution is -2.29. The first-order chi connectivity index (χ1) is 9.17. The maximum atomic E-state index is 12.3. The van der Waals surface area contributed by atoms with E-state index in [9.17, 15) is 9.59 Å². The second kappa shape index (κ2) is 4.51. The largest absolute Gasteiger partial charge is 0.396 e. The number of fused-ring (bicyclic) bond motifs is 1. The smallest absolute Gasteiger partial charge is 0.325 e. The molecule has 19 heavy (non-hydrogen) atoms. The van der Waals surface area contributed by atoms with Gasteiger partial charge in [-0.1, -0.05) is 0 Å². The molecular formula is C12H14N4O3. The number of carbonyl (C=O) groups is 1. The third-order valence-electron chi connectivity index (χ3n) is 3.45. The minimum Gasteiger partial charge on any atom is -0.396 e. The van der Waals surface area contributed by atoms with Gasteiger partial charge in [-0.3, -0.25) is 9.78 Å². The predicted molar refractivity (Wildman–Crippen MR) is 67.8 cm³/mol. The predicted octanol–water partition coefficient (Wildman–Crippen LogP) is -0.294. The summed E-state index contributed by atoms with van der Waals surface area (Å²) in [5, 5.41) is 9.09. The molecule has 3 N–H and O–H groups in total. The minimum atomic E-state index is -0.339. The quantitative estimate of drug-likeness (QED) is 0.691. The number of likely N-dealkylation sites (tertiary alicyclic amines) is 1. The Morgan fingerprint density at radius 1 is 1.53 bits per heavy atom. The molecule has 1 atom stereocenters. The van der Waals surface area contributed by atoms with Crippen LogP contribution in [0.2, 0.25) is 0 Å². The van der Waals surface area contributed by atoms with Crippen molar-refractivity contribution < 1.29 is 9.90 Å². The highest BCUT2D eigenvalue weighted by Crippen LogP contribution is 2.18. The Labute approximate surface area is 108 Å². The fraction of sp³-hybridized carbons (Fsp3) is 0.417. The summed E-state index contributed by atoms with van der Waals surface area (Å²) in [6.07, 6.45) is 2.28. The summed E-state index contributed by atoms with van der Waals surface area (Å²) in [4.78, 5) is 34.3. The molecule has 7 nitrogen and oxygen atoms in total. The van der Waals surface area contributed by atoms with Crippen molar-refractivity contribution in [2.45, 2.75) is 6.42 Å². The number of aromatic nitrogens is 3. The standard InChI is InChI=1S/C12H14N4O3/c17-6-7-1-2-16(5-7)11(18)8-3-9-10(13-4-8)15-12(19)14-9/h3-4,7,17H,1-2,5-6H2,(H2,13,14,15,19). The van der Waals surface area contributed by atoms with E-state index in [1.807, 2.05) is 0 Å². The number of imidazole rings is 1. The van der Waals surface area contributed by atoms with Gasteiger partial charge in [-0.25, -0.2) is 9.78 Å². The summed E-state index contributed by atoms with van der Waals surface area (Å²) in [6, 6.07) is 1.62. The number of amides is 1. The zero-order valence-electron chi connectivity index (χ0n) is 10.2. The lowest BCUT2D eigenvalue weighted by atomic mass is 10.1. The number of hydrogen-bond donors (Lipinski definition) is 3. The first-order valence-electron chi connectivity index (χ1n) is 6.15. The normalized spacial score (nSPS) is 19.2. The first-order valence-corrected chi connectivity index (χ1v) is 6.15. The number of pyridine rings is 1. The molecular weight excluding hydrogens is 248 g/mol. The highest BCUT2D eigenvalue weighted by atomic mass is 16.3. The van der Waals surface area contributed by atoms with Gasteiger partial charge in [0.15, 0.2) is 5.65 Å². The molecule has 1 fully saturated rings. The number of H-pyrrole nitrogens is 2. The third kappa shape index (κ3) is 2.12. The van der Waals surface area contributed by atoms with Crippen LogP contribution in [0.4, 0.5) is 0 Å². The molecule has 1 amide bonds. The average molecular weight is 262 g/mol. The van der Waals surface area contributed by atoms with Crippen molar-refractivity contribution in [2.75, 3.05) is 19.7 Å². The Morgan fingerprint density at radius 2 is 2.37 bits per heavy atom. The van der Waals surface area contributed by atoms with E-state index in [0.29, 0.717) is 29.8 Å². The molecule has 7 heteroatoms. The lowest BCUT2D eigenvalue weighted by Gasteiger charge is -2.15. The number of hydrogen-bond acceptors (Lipinski definition) is 4. The van der Waals surface area contributed by atoms with Crippen LogP contribution >= 0.6 is 0 Å². The van der Waals surface area contributed by atoms with Gasteiger partial charge in [0, 0.05) is 31.8 Å². The van der Waals surface area contributed by atoms with Crippen LogP contribution in [0, 0.1) is 5.92 Å². The molecule has 100 valence electrons. The van der Waals surface area contributed by atoms with Gasteiger partial charge >= 0.3 is 5.69 Å². The molecule has 0 bridgehead atoms. The molecule has 1 aliphatic heterocycles. The van der Waals surface area contributed by atoms with Gasteiger partial charge in [0.25, 0.3) is 5.91 Å². The van der Waals surface area contributed by atoms with Gasteiger partial charge in [0.05, 0.1) is 11.1 Å². The van der Waals surface area contributed by atoms with E-state index in [4.69, 9.17) is 5.11 Å². The number of aliphatic hydroxyl groups excluding tert-OH is 1. The molecule has 1 saturated heterocycles. The zero-order chi connectivity index (χ0) is 13.4. The molecule has 0 saturated carbocycles. The second-order valence-electron chi connectivity index (χ2n) is 4.79. The Hall–Kier alpha value is -2.15. The van der Waals surface area contributed by atoms with Crippen LogP contribution in [-0.4, -0.2) is 50.6 Å². The third-order valence-corrected chi connectivity index (χ3v) is 3.45. The Balaban J connectivity index is 1.87. The summed E-state index contributed by atoms with van der Waals surface area (Å²) in [5.74, 6) is 0.0418. The summed E-state index contributed by atoms with van der Waals surface area (Å²) in [7, 11) is 0. The fourth-order valence-electron chi connectivity index (χ4n) is 2.39. The monoisotopic (exact) mass is 262 g/mol. The maximum Gasteiger partial charge on any atom is 0.325 e. The van der Waals surface area contributed by atoms with Crippen molar-refractivity contribution in [3.63, 3.8) is 0 Å². The van der Waals surface area contributed by atoms with Crippen LogP contribution in [0.3, 0.4) is 0 Å². The fourth-order valence-corrected chi connectivity index (χ4v) is 2.39. The average Bonchev–Trinajstić information content (AvgIpc) is 3.01. The van der Waals surface area contributed by atoms with Crippen molar-refractivity contribution in [1.29, 1.82) is 0 Å². The van der Waals surface area contributed by atoms with Gasteiger partial charge in [0.1, 0.15) is 0 Å². The Bertz CT molecular complexity index is 675. The minimum absolute atomic E-state index is 0.103. The van der Waals surface area contributed by atoms with E-state index in [-0.39, 0.29) is 24.1 Å². The van der Waals surface area contributed by atoms with E-state index in [0.717, 1.165) is 6.42 Å². The highest BCUT2D eigenvalue weighted by Gasteiger charge is 2.26. The van der Waals surface area contributed by atoms with E-state index in [1.54, 1.807) is 11.0 Å². The maximum absolute atomic E-state index is 12.3. The zero-order valence-corrected chi connectivity index (χ0v) is 10.2. The van der Waals surface area contributed by atoms with E-state index in [2.05, 4.69) is 15.0 Å². The van der Waals surface area contributed by atoms with Gasteiger partial charge < -0.3 is 15.0 Å². The van der Waals surface area contributed by atoms with Crippen LogP contribution in [0.15, 0.2) is 17.1 Å². The van der Waals surface area contributed by atoms with E-state index < -0.39 is 0 Å². The van der Waals surface area contributed by atoms with Crippen molar-refractivity contribution in [2.24, 2.45) is 5.92 Å². The summed E-state index contributed by atoms with van der Waals surface area (Å²) in [6.45, 7) is 1.31. The summed E-state index contributed by atoms with van der Waals surface area (Å²) in [5.41, 5.74) is 1.07. The molecule has 0 radical (unpaired) electrons. The van der Waals surface area contributed by atoms with Gasteiger partial charge in [-0.05, 0) is 12.5 Å². The molecule has 0 spiro atoms. The van der Waals surface area contributed by atoms with Crippen LogP contribution in [0.5, 0.6) is 0 Å². The van der Waals surface area contributed by atoms with Crippen LogP contribution in [0.1, 0.15) is 16.8 Å². The van der Waals surface area contributed by atoms with Crippen LogP contribution in [0.25, 0.3) is 11.2 Å². The topological polar surface area (TPSA) is 102 Å². The molecule has 2 aromatic heterocycles. The van der Waals surface area contributed by atoms with Crippen molar-refractivity contribution in [3.8, 4) is 0 Å². The molecule has 0 aromatic carbocycles. The number of nitrogens with zero attached hydrogens (tertiary/aromatic N) is 2. The summed E-state index contributed by atoms with van der Waals surface area (Å²) < 4.78 is 0. The number of rotatable bonds is 2. The molecule has 0 aliphatic carbocycles. The molecule has 1 unspecified atom stereocenters. The molecule has 3 rings (SSSR count). The number of carbonyl (C=O) groups excluding carboxylic acids is 1. The highest BCUT2D eigenvalue weighted by molar-refractivity contribution is 5.96. The summed E-state index contributed by atoms with van der Waals surface area (Å²) >= 11 is 0. The number of nitrogens with one attached hydrogen (secondary N) is 2. The number of aromatic amines is 2. The Morgan fingerprint density at radius 3 is 3.11 bits per heavy atom. The van der Waals surface area contributed by atoms with Gasteiger partial charge in [-0.2, -0.15) is 0 Å². The molecule has 2 aromatic rings. The first kappa shape index (κ1) is 11.9. The van der Waals surface area contributed by atoms with Gasteiger partial charge in [0.2, 0.25) is 0 Å². The van der Waals surface area contributed by atoms with Crippen molar-refractivity contribution in [1.82, 2.24) is 19.9 Å². The van der Waals surface area contributed by atoms with Gasteiger partial charge in [-0.15, -0.1) is 0 Å². The van der Waals surface area contributed by atoms with Crippen LogP contribution < -0.4 is 5.69 Å². The van der Waals surface area contributed by atoms with E-state index >= 15 is 0 Å². The Kier molecular flexibility index (Phi) is 2.83. The molecule has 3 heterocycles. The second-order valence-corrected chi connectivity index (χ2v) is 4.79. The van der Waals surface area contributed by atoms with Crippen molar-refractivity contribution in [3.05, 3.63) is 28.3 Å². The lowest BCUT2D eigenvalue weighted by molar-refractivity contribution is 0.0781. The molecule has 1 aliphatic rings. The van der Waals surface area contributed by atoms with Crippen LogP contribution in [-0.2, 0) is 0 Å². The SMILES string of the molecule is O=C(c1cnc2[nH]c(=O)[nH]c2c1)N1CCC(CO)C1. The van der Waals surface area contributed by atoms with Crippen molar-refractivity contribution >= 4 is 17.1 Å².